The van der Waals surface area contributed by atoms with Crippen LogP contribution in [0.1, 0.15) is 31.4 Å². The van der Waals surface area contributed by atoms with Crippen molar-refractivity contribution in [1.82, 2.24) is 15.5 Å². The third-order valence-electron chi connectivity index (χ3n) is 2.88. The number of carbonyl (C=O) groups excluding carboxylic acids is 1. The summed E-state index contributed by atoms with van der Waals surface area (Å²) in [6.07, 6.45) is 4.93. The van der Waals surface area contributed by atoms with Crippen molar-refractivity contribution in [1.29, 1.82) is 0 Å². The molecule has 5 heteroatoms. The minimum atomic E-state index is -0.0293. The van der Waals surface area contributed by atoms with Gasteiger partial charge in [0.2, 0.25) is 5.91 Å². The lowest BCUT2D eigenvalue weighted by atomic mass is 10.2. The molecule has 5 nitrogen and oxygen atoms in total. The molecule has 0 aromatic carbocycles. The molecule has 1 aliphatic rings. The Morgan fingerprint density at radius 3 is 2.94 bits per heavy atom. The molecule has 1 amide bonds. The number of nitrogens with zero attached hydrogens (tertiary/aromatic N) is 1. The lowest BCUT2D eigenvalue weighted by Gasteiger charge is -2.10. The molecule has 16 heavy (non-hydrogen) atoms. The molecule has 1 aliphatic carbocycles. The van der Waals surface area contributed by atoms with Gasteiger partial charge in [-0.3, -0.25) is 9.89 Å². The van der Waals surface area contributed by atoms with Crippen LogP contribution in [0.5, 0.6) is 0 Å². The van der Waals surface area contributed by atoms with Crippen molar-refractivity contribution in [3.05, 3.63) is 11.8 Å². The highest BCUT2D eigenvalue weighted by Crippen LogP contribution is 2.17. The van der Waals surface area contributed by atoms with Crippen LogP contribution in [0, 0.1) is 6.92 Å². The van der Waals surface area contributed by atoms with Crippen molar-refractivity contribution in [2.45, 2.75) is 38.6 Å². The molecular formula is C11H18N4O. The molecule has 2 rings (SSSR count). The van der Waals surface area contributed by atoms with E-state index in [1.54, 1.807) is 0 Å². The van der Waals surface area contributed by atoms with Gasteiger partial charge in [0, 0.05) is 17.8 Å². The van der Waals surface area contributed by atoms with E-state index in [4.69, 9.17) is 0 Å². The summed E-state index contributed by atoms with van der Waals surface area (Å²) in [5, 5.41) is 12.7. The van der Waals surface area contributed by atoms with E-state index >= 15 is 0 Å². The fourth-order valence-electron chi connectivity index (χ4n) is 2.04. The van der Waals surface area contributed by atoms with Gasteiger partial charge in [-0.1, -0.05) is 12.8 Å². The third kappa shape index (κ3) is 3.06. The Kier molecular flexibility index (Phi) is 3.56. The minimum absolute atomic E-state index is 0.0293. The fourth-order valence-corrected chi connectivity index (χ4v) is 2.04. The standard InChI is InChI=1S/C11H18N4O/c1-8-6-10(15-14-8)13-11(16)7-12-9-4-2-3-5-9/h6,9,12H,2-5,7H2,1H3,(H2,13,14,15,16). The Bertz CT molecular complexity index is 355. The molecule has 0 saturated heterocycles. The predicted molar refractivity (Wildman–Crippen MR) is 62.2 cm³/mol. The number of hydrogen-bond acceptors (Lipinski definition) is 3. The monoisotopic (exact) mass is 222 g/mol. The quantitative estimate of drug-likeness (QED) is 0.716. The largest absolute Gasteiger partial charge is 0.308 e. The van der Waals surface area contributed by atoms with E-state index in [1.165, 1.54) is 25.7 Å². The summed E-state index contributed by atoms with van der Waals surface area (Å²) in [6, 6.07) is 2.33. The van der Waals surface area contributed by atoms with Crippen LogP contribution in [-0.4, -0.2) is 28.7 Å². The van der Waals surface area contributed by atoms with Crippen molar-refractivity contribution in [2.24, 2.45) is 0 Å². The van der Waals surface area contributed by atoms with Crippen molar-refractivity contribution < 1.29 is 4.79 Å². The number of amides is 1. The lowest BCUT2D eigenvalue weighted by molar-refractivity contribution is -0.115. The molecule has 3 N–H and O–H groups in total. The maximum atomic E-state index is 11.6. The van der Waals surface area contributed by atoms with Crippen molar-refractivity contribution in [3.63, 3.8) is 0 Å². The molecule has 0 bridgehead atoms. The molecule has 1 aromatic rings. The summed E-state index contributed by atoms with van der Waals surface area (Å²) < 4.78 is 0. The predicted octanol–water partition coefficient (Wildman–Crippen LogP) is 1.19. The molecule has 1 fully saturated rings. The number of nitrogens with one attached hydrogen (secondary N) is 3. The average Bonchev–Trinajstić information content (AvgIpc) is 2.87. The van der Waals surface area contributed by atoms with Gasteiger partial charge in [0.15, 0.2) is 5.82 Å². The topological polar surface area (TPSA) is 69.8 Å². The summed E-state index contributed by atoms with van der Waals surface area (Å²) in [7, 11) is 0. The van der Waals surface area contributed by atoms with Gasteiger partial charge >= 0.3 is 0 Å². The first-order valence-electron chi connectivity index (χ1n) is 5.79. The van der Waals surface area contributed by atoms with E-state index < -0.39 is 0 Å². The molecule has 0 aliphatic heterocycles. The van der Waals surface area contributed by atoms with Crippen LogP contribution in [0.25, 0.3) is 0 Å². The van der Waals surface area contributed by atoms with Crippen LogP contribution in [0.2, 0.25) is 0 Å². The zero-order valence-corrected chi connectivity index (χ0v) is 9.55. The number of carbonyl (C=O) groups is 1. The molecule has 0 spiro atoms. The molecule has 0 unspecified atom stereocenters. The van der Waals surface area contributed by atoms with Crippen molar-refractivity contribution >= 4 is 11.7 Å². The number of anilines is 1. The Labute approximate surface area is 95.0 Å². The Morgan fingerprint density at radius 2 is 2.31 bits per heavy atom. The minimum Gasteiger partial charge on any atom is -0.308 e. The van der Waals surface area contributed by atoms with E-state index in [0.717, 1.165) is 5.69 Å². The highest BCUT2D eigenvalue weighted by molar-refractivity contribution is 5.91. The number of aryl methyl sites for hydroxylation is 1. The summed E-state index contributed by atoms with van der Waals surface area (Å²) in [4.78, 5) is 11.6. The molecule has 88 valence electrons. The van der Waals surface area contributed by atoms with Crippen LogP contribution >= 0.6 is 0 Å². The Balaban J connectivity index is 1.71. The first kappa shape index (κ1) is 11.1. The summed E-state index contributed by atoms with van der Waals surface area (Å²) >= 11 is 0. The highest BCUT2D eigenvalue weighted by atomic mass is 16.2. The number of aromatic amines is 1. The van der Waals surface area contributed by atoms with Crippen molar-refractivity contribution in [3.8, 4) is 0 Å². The zero-order chi connectivity index (χ0) is 11.4. The summed E-state index contributed by atoms with van der Waals surface area (Å²) in [5.41, 5.74) is 0.944. The average molecular weight is 222 g/mol. The number of rotatable bonds is 4. The summed E-state index contributed by atoms with van der Waals surface area (Å²) in [5.74, 6) is 0.564. The lowest BCUT2D eigenvalue weighted by Crippen LogP contribution is -2.34. The molecule has 0 atom stereocenters. The summed E-state index contributed by atoms with van der Waals surface area (Å²) in [6.45, 7) is 2.27. The number of H-pyrrole nitrogens is 1. The van der Waals surface area contributed by atoms with E-state index in [0.29, 0.717) is 18.4 Å². The van der Waals surface area contributed by atoms with Gasteiger partial charge in [0.25, 0.3) is 0 Å². The molecule has 1 saturated carbocycles. The highest BCUT2D eigenvalue weighted by Gasteiger charge is 2.15. The van der Waals surface area contributed by atoms with E-state index in [1.807, 2.05) is 13.0 Å². The smallest absolute Gasteiger partial charge is 0.239 e. The Hall–Kier alpha value is -1.36. The van der Waals surface area contributed by atoms with E-state index in [-0.39, 0.29) is 5.91 Å². The van der Waals surface area contributed by atoms with Gasteiger partial charge in [-0.25, -0.2) is 0 Å². The second-order valence-electron chi connectivity index (χ2n) is 4.35. The van der Waals surface area contributed by atoms with Crippen LogP contribution in [0.3, 0.4) is 0 Å². The maximum Gasteiger partial charge on any atom is 0.239 e. The van der Waals surface area contributed by atoms with Gasteiger partial charge < -0.3 is 10.6 Å². The molecular weight excluding hydrogens is 204 g/mol. The molecule has 1 aromatic heterocycles. The third-order valence-corrected chi connectivity index (χ3v) is 2.88. The van der Waals surface area contributed by atoms with Gasteiger partial charge in [-0.05, 0) is 19.8 Å². The van der Waals surface area contributed by atoms with Gasteiger partial charge in [-0.2, -0.15) is 5.10 Å². The van der Waals surface area contributed by atoms with E-state index in [2.05, 4.69) is 20.8 Å². The van der Waals surface area contributed by atoms with Gasteiger partial charge in [0.05, 0.1) is 6.54 Å². The molecule has 1 heterocycles. The number of hydrogen-bond donors (Lipinski definition) is 3. The van der Waals surface area contributed by atoms with E-state index in [9.17, 15) is 4.79 Å². The van der Waals surface area contributed by atoms with Crippen LogP contribution < -0.4 is 10.6 Å². The Morgan fingerprint density at radius 1 is 1.56 bits per heavy atom. The first-order chi connectivity index (χ1) is 7.74. The maximum absolute atomic E-state index is 11.6. The van der Waals surface area contributed by atoms with Crippen LogP contribution in [0.4, 0.5) is 5.82 Å². The van der Waals surface area contributed by atoms with Crippen molar-refractivity contribution in [2.75, 3.05) is 11.9 Å². The second kappa shape index (κ2) is 5.12. The second-order valence-corrected chi connectivity index (χ2v) is 4.35. The van der Waals surface area contributed by atoms with Crippen LogP contribution in [-0.2, 0) is 4.79 Å². The van der Waals surface area contributed by atoms with Gasteiger partial charge in [-0.15, -0.1) is 0 Å². The fraction of sp³-hybridized carbons (Fsp3) is 0.636. The number of aromatic nitrogens is 2. The van der Waals surface area contributed by atoms with Gasteiger partial charge in [0.1, 0.15) is 0 Å². The molecule has 0 radical (unpaired) electrons. The normalized spacial score (nSPS) is 16.6. The first-order valence-corrected chi connectivity index (χ1v) is 5.79. The zero-order valence-electron chi connectivity index (χ0n) is 9.55. The van der Waals surface area contributed by atoms with Crippen LogP contribution in [0.15, 0.2) is 6.07 Å². The SMILES string of the molecule is Cc1cc(NC(=O)CNC2CCCC2)n[nH]1.